The van der Waals surface area contributed by atoms with E-state index in [4.69, 9.17) is 12.2 Å². The molecule has 0 amide bonds. The molecular weight excluding hydrogens is 207 g/mol. The van der Waals surface area contributed by atoms with E-state index >= 15 is 0 Å². The summed E-state index contributed by atoms with van der Waals surface area (Å²) >= 11 is 5.40. The Kier molecular flexibility index (Phi) is 3.07. The Hall–Kier alpha value is -0.171. The van der Waals surface area contributed by atoms with Gasteiger partial charge in [0.2, 0.25) is 0 Å². The third-order valence-electron chi connectivity index (χ3n) is 1.00. The van der Waals surface area contributed by atoms with Crippen LogP contribution in [0.1, 0.15) is 6.92 Å². The summed E-state index contributed by atoms with van der Waals surface area (Å²) in [4.78, 5) is 0. The maximum atomic E-state index is 5.01. The van der Waals surface area contributed by atoms with Crippen molar-refractivity contribution in [3.8, 4) is 0 Å². The van der Waals surface area contributed by atoms with E-state index in [1.807, 2.05) is 13.0 Å². The monoisotopic (exact) mass is 216 g/mol. The van der Waals surface area contributed by atoms with Crippen molar-refractivity contribution in [1.29, 1.82) is 0 Å². The SMILES string of the molecule is CC(=S)[Se]c1ccccc1. The van der Waals surface area contributed by atoms with Crippen LogP contribution in [-0.2, 0) is 0 Å². The van der Waals surface area contributed by atoms with Gasteiger partial charge in [0.25, 0.3) is 0 Å². The third kappa shape index (κ3) is 2.61. The van der Waals surface area contributed by atoms with Crippen LogP contribution >= 0.6 is 12.2 Å². The van der Waals surface area contributed by atoms with Gasteiger partial charge >= 0.3 is 72.7 Å². The summed E-state index contributed by atoms with van der Waals surface area (Å²) in [6.45, 7) is 2.00. The molecule has 10 heavy (non-hydrogen) atoms. The second-order valence-electron chi connectivity index (χ2n) is 1.91. The van der Waals surface area contributed by atoms with Crippen LogP contribution in [0.2, 0.25) is 0 Å². The average molecular weight is 215 g/mol. The van der Waals surface area contributed by atoms with Gasteiger partial charge < -0.3 is 0 Å². The Bertz CT molecular complexity index is 218. The second-order valence-corrected chi connectivity index (χ2v) is 5.80. The first kappa shape index (κ1) is 7.93. The summed E-state index contributed by atoms with van der Waals surface area (Å²) in [5, 5.41) is 0. The van der Waals surface area contributed by atoms with Gasteiger partial charge in [-0.1, -0.05) is 0 Å². The molecule has 0 atom stereocenters. The predicted molar refractivity (Wildman–Crippen MR) is 50.1 cm³/mol. The van der Waals surface area contributed by atoms with Gasteiger partial charge in [0.15, 0.2) is 0 Å². The van der Waals surface area contributed by atoms with Crippen molar-refractivity contribution in [3.63, 3.8) is 0 Å². The van der Waals surface area contributed by atoms with E-state index in [0.29, 0.717) is 15.0 Å². The first-order chi connectivity index (χ1) is 4.79. The van der Waals surface area contributed by atoms with E-state index in [1.54, 1.807) is 0 Å². The Morgan fingerprint density at radius 3 is 2.40 bits per heavy atom. The van der Waals surface area contributed by atoms with Crippen molar-refractivity contribution in [1.82, 2.24) is 0 Å². The molecular formula is C8H8SSe. The zero-order chi connectivity index (χ0) is 7.40. The van der Waals surface area contributed by atoms with E-state index in [9.17, 15) is 0 Å². The van der Waals surface area contributed by atoms with Crippen LogP contribution in [0.4, 0.5) is 0 Å². The normalized spacial score (nSPS) is 9.30. The van der Waals surface area contributed by atoms with E-state index in [2.05, 4.69) is 24.3 Å². The molecule has 0 heterocycles. The topological polar surface area (TPSA) is 0 Å². The molecule has 0 saturated carbocycles. The number of rotatable bonds is 2. The molecule has 0 spiro atoms. The Morgan fingerprint density at radius 2 is 1.90 bits per heavy atom. The molecule has 52 valence electrons. The molecule has 0 fully saturated rings. The van der Waals surface area contributed by atoms with Crippen LogP contribution in [0.25, 0.3) is 0 Å². The molecule has 0 aliphatic carbocycles. The van der Waals surface area contributed by atoms with Crippen molar-refractivity contribution in [2.45, 2.75) is 6.92 Å². The van der Waals surface area contributed by atoms with Crippen molar-refractivity contribution in [2.75, 3.05) is 0 Å². The van der Waals surface area contributed by atoms with E-state index in [0.717, 1.165) is 3.76 Å². The molecule has 0 unspecified atom stereocenters. The summed E-state index contributed by atoms with van der Waals surface area (Å²) in [6.07, 6.45) is 0. The fourth-order valence-electron chi connectivity index (χ4n) is 0.655. The number of benzene rings is 1. The summed E-state index contributed by atoms with van der Waals surface area (Å²) in [5.41, 5.74) is 0. The predicted octanol–water partition coefficient (Wildman–Crippen LogP) is 1.36. The van der Waals surface area contributed by atoms with E-state index in [1.165, 1.54) is 4.46 Å². The number of hydrogen-bond acceptors (Lipinski definition) is 1. The van der Waals surface area contributed by atoms with Crippen molar-refractivity contribution >= 4 is 35.4 Å². The first-order valence-electron chi connectivity index (χ1n) is 3.02. The molecule has 1 rings (SSSR count). The summed E-state index contributed by atoms with van der Waals surface area (Å²) < 4.78 is 2.47. The molecule has 0 nitrogen and oxygen atoms in total. The molecule has 0 aromatic heterocycles. The van der Waals surface area contributed by atoms with Gasteiger partial charge in [0.1, 0.15) is 0 Å². The van der Waals surface area contributed by atoms with Gasteiger partial charge in [-0.2, -0.15) is 0 Å². The molecule has 0 N–H and O–H groups in total. The molecule has 0 aliphatic rings. The summed E-state index contributed by atoms with van der Waals surface area (Å²) in [5.74, 6) is 0. The maximum absolute atomic E-state index is 5.01. The molecule has 0 bridgehead atoms. The van der Waals surface area contributed by atoms with Crippen LogP contribution in [-0.4, -0.2) is 18.7 Å². The summed E-state index contributed by atoms with van der Waals surface area (Å²) in [7, 11) is 0. The summed E-state index contributed by atoms with van der Waals surface area (Å²) in [6, 6.07) is 10.4. The zero-order valence-corrected chi connectivity index (χ0v) is 8.23. The molecule has 1 aromatic rings. The molecule has 0 radical (unpaired) electrons. The van der Waals surface area contributed by atoms with Crippen molar-refractivity contribution in [2.24, 2.45) is 0 Å². The number of hydrogen-bond donors (Lipinski definition) is 0. The van der Waals surface area contributed by atoms with Crippen LogP contribution in [0.5, 0.6) is 0 Å². The van der Waals surface area contributed by atoms with Crippen LogP contribution < -0.4 is 4.46 Å². The van der Waals surface area contributed by atoms with Gasteiger partial charge in [-0.25, -0.2) is 0 Å². The Labute approximate surface area is 72.8 Å². The molecule has 0 aliphatic heterocycles. The minimum absolute atomic E-state index is 0.399. The third-order valence-corrected chi connectivity index (χ3v) is 3.11. The van der Waals surface area contributed by atoms with E-state index in [-0.39, 0.29) is 0 Å². The Morgan fingerprint density at radius 1 is 1.30 bits per heavy atom. The molecule has 1 aromatic carbocycles. The van der Waals surface area contributed by atoms with Crippen LogP contribution in [0, 0.1) is 0 Å². The van der Waals surface area contributed by atoms with Crippen LogP contribution in [0.15, 0.2) is 30.3 Å². The fourth-order valence-corrected chi connectivity index (χ4v) is 2.47. The average Bonchev–Trinajstić information content (AvgIpc) is 1.88. The van der Waals surface area contributed by atoms with Crippen LogP contribution in [0.3, 0.4) is 0 Å². The fraction of sp³-hybridized carbons (Fsp3) is 0.125. The van der Waals surface area contributed by atoms with Gasteiger partial charge in [0.05, 0.1) is 0 Å². The first-order valence-corrected chi connectivity index (χ1v) is 5.14. The standard InChI is InChI=1S/C8H8SSe/c1-7(9)10-8-5-3-2-4-6-8/h2-6H,1H3. The Balaban J connectivity index is 2.67. The van der Waals surface area contributed by atoms with E-state index < -0.39 is 0 Å². The molecule has 0 saturated heterocycles. The minimum atomic E-state index is 0.399. The van der Waals surface area contributed by atoms with Gasteiger partial charge in [-0.05, 0) is 0 Å². The van der Waals surface area contributed by atoms with Crippen molar-refractivity contribution < 1.29 is 0 Å². The number of thiocarbonyl (C=S) groups is 1. The van der Waals surface area contributed by atoms with Gasteiger partial charge in [-0.3, -0.25) is 0 Å². The zero-order valence-electron chi connectivity index (χ0n) is 5.70. The molecule has 2 heteroatoms. The van der Waals surface area contributed by atoms with Gasteiger partial charge in [0, 0.05) is 0 Å². The second kappa shape index (κ2) is 3.87. The quantitative estimate of drug-likeness (QED) is 0.530. The van der Waals surface area contributed by atoms with Crippen molar-refractivity contribution in [3.05, 3.63) is 30.3 Å². The van der Waals surface area contributed by atoms with Gasteiger partial charge in [-0.15, -0.1) is 0 Å².